The maximum absolute atomic E-state index is 13.8. The van der Waals surface area contributed by atoms with E-state index in [4.69, 9.17) is 0 Å². The molecule has 1 atom stereocenters. The minimum atomic E-state index is -0.563. The predicted octanol–water partition coefficient (Wildman–Crippen LogP) is 5.55. The molecule has 1 N–H and O–H groups in total. The second-order valence-corrected chi connectivity index (χ2v) is 6.64. The Bertz CT molecular complexity index is 634. The molecule has 0 aliphatic carbocycles. The van der Waals surface area contributed by atoms with Crippen molar-refractivity contribution >= 4 is 27.7 Å². The van der Waals surface area contributed by atoms with Crippen LogP contribution in [-0.2, 0) is 0 Å². The molecule has 1 unspecified atom stereocenters. The van der Waals surface area contributed by atoms with Crippen LogP contribution in [0.5, 0.6) is 0 Å². The Balaban J connectivity index is 2.35. The highest BCUT2D eigenvalue weighted by atomic mass is 79.9. The van der Waals surface area contributed by atoms with Crippen molar-refractivity contribution < 1.29 is 8.78 Å². The van der Waals surface area contributed by atoms with Crippen molar-refractivity contribution in [2.24, 2.45) is 0 Å². The summed E-state index contributed by atoms with van der Waals surface area (Å²) in [5.74, 6) is -1.10. The highest BCUT2D eigenvalue weighted by molar-refractivity contribution is 9.10. The van der Waals surface area contributed by atoms with E-state index in [0.29, 0.717) is 4.90 Å². The third-order valence-electron chi connectivity index (χ3n) is 3.07. The molecule has 1 nitrogen and oxygen atoms in total. The Kier molecular flexibility index (Phi) is 5.79. The molecule has 0 amide bonds. The smallest absolute Gasteiger partial charge is 0.140 e. The topological polar surface area (TPSA) is 12.0 Å². The predicted molar refractivity (Wildman–Crippen MR) is 86.7 cm³/mol. The first-order valence-electron chi connectivity index (χ1n) is 6.67. The van der Waals surface area contributed by atoms with Crippen LogP contribution in [0.4, 0.5) is 8.78 Å². The highest BCUT2D eigenvalue weighted by Crippen LogP contribution is 2.36. The van der Waals surface area contributed by atoms with Crippen LogP contribution in [0.15, 0.2) is 50.7 Å². The van der Waals surface area contributed by atoms with E-state index in [0.717, 1.165) is 27.5 Å². The number of hydrogen-bond donors (Lipinski definition) is 1. The molecule has 0 aliphatic heterocycles. The lowest BCUT2D eigenvalue weighted by atomic mass is 10.1. The summed E-state index contributed by atoms with van der Waals surface area (Å²) >= 11 is 4.75. The van der Waals surface area contributed by atoms with Gasteiger partial charge in [-0.05, 0) is 43.3 Å². The number of halogens is 3. The van der Waals surface area contributed by atoms with Gasteiger partial charge in [-0.15, -0.1) is 0 Å². The van der Waals surface area contributed by atoms with Crippen LogP contribution in [0.25, 0.3) is 0 Å². The first-order chi connectivity index (χ1) is 10.0. The van der Waals surface area contributed by atoms with Gasteiger partial charge in [-0.3, -0.25) is 0 Å². The second kappa shape index (κ2) is 7.38. The summed E-state index contributed by atoms with van der Waals surface area (Å²) in [6, 6.07) is 9.75. The summed E-state index contributed by atoms with van der Waals surface area (Å²) in [4.78, 5) is 1.36. The molecule has 21 heavy (non-hydrogen) atoms. The quantitative estimate of drug-likeness (QED) is 0.739. The van der Waals surface area contributed by atoms with Crippen LogP contribution in [0.3, 0.4) is 0 Å². The molecule has 2 aromatic carbocycles. The maximum atomic E-state index is 13.8. The fraction of sp³-hybridized carbons (Fsp3) is 0.250. The fourth-order valence-corrected chi connectivity index (χ4v) is 3.64. The Morgan fingerprint density at radius 2 is 1.90 bits per heavy atom. The Morgan fingerprint density at radius 1 is 1.14 bits per heavy atom. The van der Waals surface area contributed by atoms with E-state index >= 15 is 0 Å². The van der Waals surface area contributed by atoms with E-state index in [2.05, 4.69) is 28.2 Å². The molecule has 2 aromatic rings. The van der Waals surface area contributed by atoms with Gasteiger partial charge in [0.25, 0.3) is 0 Å². The summed E-state index contributed by atoms with van der Waals surface area (Å²) in [6.07, 6.45) is 0. The standard InChI is InChI=1S/C16H16BrF2NS/c1-3-20-10(2)13-6-4-11(17)8-16(13)21-15-7-5-12(18)9-14(15)19/h4-10,20H,3H2,1-2H3. The molecule has 0 aromatic heterocycles. The Labute approximate surface area is 136 Å². The van der Waals surface area contributed by atoms with Crippen LogP contribution in [0.1, 0.15) is 25.5 Å². The Hall–Kier alpha value is -0.910. The van der Waals surface area contributed by atoms with Crippen LogP contribution < -0.4 is 5.32 Å². The maximum Gasteiger partial charge on any atom is 0.140 e. The van der Waals surface area contributed by atoms with Gasteiger partial charge in [0.15, 0.2) is 0 Å². The van der Waals surface area contributed by atoms with Crippen LogP contribution in [0, 0.1) is 11.6 Å². The number of hydrogen-bond acceptors (Lipinski definition) is 2. The molecule has 0 radical (unpaired) electrons. The molecule has 0 fully saturated rings. The van der Waals surface area contributed by atoms with Crippen LogP contribution in [0.2, 0.25) is 0 Å². The van der Waals surface area contributed by atoms with Gasteiger partial charge in [0, 0.05) is 26.4 Å². The zero-order valence-electron chi connectivity index (χ0n) is 11.8. The summed E-state index contributed by atoms with van der Waals surface area (Å²) in [5, 5.41) is 3.35. The lowest BCUT2D eigenvalue weighted by Crippen LogP contribution is -2.18. The lowest BCUT2D eigenvalue weighted by molar-refractivity contribution is 0.565. The molecule has 0 saturated carbocycles. The monoisotopic (exact) mass is 371 g/mol. The number of benzene rings is 2. The first kappa shape index (κ1) is 16.5. The van der Waals surface area contributed by atoms with Crippen LogP contribution in [-0.4, -0.2) is 6.54 Å². The van der Waals surface area contributed by atoms with Gasteiger partial charge in [-0.1, -0.05) is 40.7 Å². The van der Waals surface area contributed by atoms with E-state index in [1.54, 1.807) is 0 Å². The van der Waals surface area contributed by atoms with E-state index in [-0.39, 0.29) is 6.04 Å². The normalized spacial score (nSPS) is 12.4. The number of rotatable bonds is 5. The molecule has 2 rings (SSSR count). The van der Waals surface area contributed by atoms with Gasteiger partial charge in [0.05, 0.1) is 0 Å². The summed E-state index contributed by atoms with van der Waals surface area (Å²) < 4.78 is 27.8. The van der Waals surface area contributed by atoms with Crippen molar-refractivity contribution in [1.29, 1.82) is 0 Å². The van der Waals surface area contributed by atoms with E-state index in [1.807, 2.05) is 25.1 Å². The minimum Gasteiger partial charge on any atom is -0.310 e. The van der Waals surface area contributed by atoms with E-state index < -0.39 is 11.6 Å². The van der Waals surface area contributed by atoms with Gasteiger partial charge in [-0.25, -0.2) is 8.78 Å². The summed E-state index contributed by atoms with van der Waals surface area (Å²) in [5.41, 5.74) is 1.09. The molecule has 0 bridgehead atoms. The average Bonchev–Trinajstić information content (AvgIpc) is 2.42. The zero-order valence-corrected chi connectivity index (χ0v) is 14.2. The minimum absolute atomic E-state index is 0.161. The van der Waals surface area contributed by atoms with Gasteiger partial charge in [0.2, 0.25) is 0 Å². The zero-order chi connectivity index (χ0) is 15.4. The molecular formula is C16H16BrF2NS. The third kappa shape index (κ3) is 4.28. The summed E-state index contributed by atoms with van der Waals surface area (Å²) in [7, 11) is 0. The summed E-state index contributed by atoms with van der Waals surface area (Å²) in [6.45, 7) is 4.96. The van der Waals surface area contributed by atoms with Crippen molar-refractivity contribution in [3.05, 3.63) is 58.1 Å². The SMILES string of the molecule is CCNC(C)c1ccc(Br)cc1Sc1ccc(F)cc1F. The Morgan fingerprint density at radius 3 is 2.57 bits per heavy atom. The molecular weight excluding hydrogens is 356 g/mol. The van der Waals surface area contributed by atoms with Crippen molar-refractivity contribution in [3.63, 3.8) is 0 Å². The largest absolute Gasteiger partial charge is 0.310 e. The average molecular weight is 372 g/mol. The van der Waals surface area contributed by atoms with Crippen molar-refractivity contribution in [3.8, 4) is 0 Å². The molecule has 0 saturated heterocycles. The molecule has 112 valence electrons. The molecule has 0 aliphatic rings. The van der Waals surface area contributed by atoms with Crippen molar-refractivity contribution in [2.45, 2.75) is 29.7 Å². The first-order valence-corrected chi connectivity index (χ1v) is 8.28. The van der Waals surface area contributed by atoms with Gasteiger partial charge < -0.3 is 5.32 Å². The van der Waals surface area contributed by atoms with E-state index in [9.17, 15) is 8.78 Å². The van der Waals surface area contributed by atoms with Crippen molar-refractivity contribution in [2.75, 3.05) is 6.54 Å². The second-order valence-electron chi connectivity index (χ2n) is 4.64. The molecule has 0 spiro atoms. The third-order valence-corrected chi connectivity index (χ3v) is 4.68. The highest BCUT2D eigenvalue weighted by Gasteiger charge is 2.13. The fourth-order valence-electron chi connectivity index (χ4n) is 2.05. The van der Waals surface area contributed by atoms with Gasteiger partial charge in [0.1, 0.15) is 11.6 Å². The number of nitrogens with one attached hydrogen (secondary N) is 1. The van der Waals surface area contributed by atoms with Gasteiger partial charge >= 0.3 is 0 Å². The van der Waals surface area contributed by atoms with Crippen molar-refractivity contribution in [1.82, 2.24) is 5.32 Å². The lowest BCUT2D eigenvalue weighted by Gasteiger charge is -2.17. The van der Waals surface area contributed by atoms with Gasteiger partial charge in [-0.2, -0.15) is 0 Å². The van der Waals surface area contributed by atoms with Crippen LogP contribution >= 0.6 is 27.7 Å². The van der Waals surface area contributed by atoms with E-state index in [1.165, 1.54) is 23.9 Å². The molecule has 5 heteroatoms. The molecule has 0 heterocycles.